The first-order chi connectivity index (χ1) is 13.4. The molecule has 1 fully saturated rings. The fourth-order valence-electron chi connectivity index (χ4n) is 3.21. The molecule has 0 spiro atoms. The first-order valence-electron chi connectivity index (χ1n) is 9.09. The number of carbonyl (C=O) groups is 1. The molecular weight excluding hydrogens is 361 g/mol. The smallest absolute Gasteiger partial charge is 0.246 e. The number of halogens is 1. The Morgan fingerprint density at radius 3 is 2.71 bits per heavy atom. The Morgan fingerprint density at radius 1 is 1.36 bits per heavy atom. The van der Waals surface area contributed by atoms with Gasteiger partial charge in [0.2, 0.25) is 5.91 Å². The second-order valence-corrected chi connectivity index (χ2v) is 6.92. The van der Waals surface area contributed by atoms with E-state index in [4.69, 9.17) is 0 Å². The maximum Gasteiger partial charge on any atom is 0.246 e. The van der Waals surface area contributed by atoms with Gasteiger partial charge in [-0.3, -0.25) is 14.5 Å². The molecule has 0 unspecified atom stereocenters. The molecule has 1 N–H and O–H groups in total. The summed E-state index contributed by atoms with van der Waals surface area (Å²) in [6.45, 7) is 1.85. The van der Waals surface area contributed by atoms with E-state index < -0.39 is 0 Å². The number of aromatic nitrogens is 2. The van der Waals surface area contributed by atoms with Gasteiger partial charge in [0.15, 0.2) is 5.96 Å². The number of hydrogen-bond acceptors (Lipinski definition) is 4. The summed E-state index contributed by atoms with van der Waals surface area (Å²) in [6, 6.07) is 5.15. The van der Waals surface area contributed by atoms with Crippen molar-refractivity contribution in [3.05, 3.63) is 42.0 Å². The molecule has 0 saturated carbocycles. The molecular formula is C19H26FN7O. The predicted octanol–water partition coefficient (Wildman–Crippen LogP) is 1.05. The number of nitrogens with zero attached hydrogens (tertiary/aromatic N) is 6. The summed E-state index contributed by atoms with van der Waals surface area (Å²) < 4.78 is 15.8. The highest BCUT2D eigenvalue weighted by Gasteiger charge is 2.27. The fraction of sp³-hybridized carbons (Fsp3) is 0.421. The summed E-state index contributed by atoms with van der Waals surface area (Å²) >= 11 is 0. The minimum Gasteiger partial charge on any atom is -0.375 e. The summed E-state index contributed by atoms with van der Waals surface area (Å²) in [7, 11) is 7.11. The van der Waals surface area contributed by atoms with Crippen LogP contribution < -0.4 is 15.1 Å². The van der Waals surface area contributed by atoms with Gasteiger partial charge in [-0.05, 0) is 17.7 Å². The molecule has 2 heterocycles. The number of nitrogens with one attached hydrogen (secondary N) is 1. The lowest BCUT2D eigenvalue weighted by Gasteiger charge is -2.35. The number of hydrogen-bond donors (Lipinski definition) is 1. The number of anilines is 2. The van der Waals surface area contributed by atoms with Crippen LogP contribution in [-0.4, -0.2) is 67.3 Å². The first-order valence-corrected chi connectivity index (χ1v) is 9.09. The van der Waals surface area contributed by atoms with Gasteiger partial charge in [-0.15, -0.1) is 0 Å². The molecule has 1 aromatic carbocycles. The van der Waals surface area contributed by atoms with Gasteiger partial charge in [0, 0.05) is 54.0 Å². The number of guanidine groups is 1. The summed E-state index contributed by atoms with van der Waals surface area (Å²) in [5, 5.41) is 7.34. The van der Waals surface area contributed by atoms with Gasteiger partial charge in [0.1, 0.15) is 12.4 Å². The van der Waals surface area contributed by atoms with Gasteiger partial charge in [-0.2, -0.15) is 5.10 Å². The number of amides is 1. The van der Waals surface area contributed by atoms with E-state index in [2.05, 4.69) is 15.4 Å². The van der Waals surface area contributed by atoms with Crippen LogP contribution in [0.4, 0.5) is 15.8 Å². The van der Waals surface area contributed by atoms with Gasteiger partial charge in [-0.1, -0.05) is 6.07 Å². The van der Waals surface area contributed by atoms with Crippen molar-refractivity contribution >= 4 is 23.2 Å². The molecule has 0 aliphatic carbocycles. The Bertz CT molecular complexity index is 877. The van der Waals surface area contributed by atoms with E-state index >= 15 is 0 Å². The second-order valence-electron chi connectivity index (χ2n) is 6.92. The lowest BCUT2D eigenvalue weighted by Crippen LogP contribution is -2.55. The van der Waals surface area contributed by atoms with Crippen molar-refractivity contribution in [3.63, 3.8) is 0 Å². The monoisotopic (exact) mass is 387 g/mol. The van der Waals surface area contributed by atoms with Crippen molar-refractivity contribution < 1.29 is 9.18 Å². The third kappa shape index (κ3) is 4.24. The lowest BCUT2D eigenvalue weighted by molar-refractivity contribution is -0.120. The van der Waals surface area contributed by atoms with Gasteiger partial charge in [0.05, 0.1) is 17.6 Å². The summed E-state index contributed by atoms with van der Waals surface area (Å²) in [5.74, 6) is 0.347. The maximum atomic E-state index is 14.2. The first kappa shape index (κ1) is 19.7. The number of carbonyl (C=O) groups excluding carboxylic acids is 1. The topological polar surface area (TPSA) is 69.0 Å². The number of rotatable bonds is 4. The second kappa shape index (κ2) is 8.28. The van der Waals surface area contributed by atoms with Gasteiger partial charge >= 0.3 is 0 Å². The average molecular weight is 387 g/mol. The molecule has 0 radical (unpaired) electrons. The van der Waals surface area contributed by atoms with Crippen molar-refractivity contribution in [1.29, 1.82) is 0 Å². The fourth-order valence-corrected chi connectivity index (χ4v) is 3.21. The van der Waals surface area contributed by atoms with E-state index in [1.54, 1.807) is 47.9 Å². The quantitative estimate of drug-likeness (QED) is 0.627. The molecule has 9 heteroatoms. The molecule has 0 atom stereocenters. The van der Waals surface area contributed by atoms with E-state index in [1.807, 2.05) is 24.2 Å². The number of aryl methyl sites for hydroxylation is 1. The highest BCUT2D eigenvalue weighted by molar-refractivity contribution is 5.98. The summed E-state index contributed by atoms with van der Waals surface area (Å²) in [6.07, 6.45) is 3.51. The molecule has 1 aromatic heterocycles. The number of benzene rings is 1. The Morgan fingerprint density at radius 2 is 2.14 bits per heavy atom. The maximum absolute atomic E-state index is 14.2. The number of aliphatic imine (C=N–C) groups is 1. The van der Waals surface area contributed by atoms with Crippen LogP contribution in [0.25, 0.3) is 0 Å². The highest BCUT2D eigenvalue weighted by Crippen LogP contribution is 2.19. The SMILES string of the molecule is CN=C(NCc1ccc(N(C)C)c(F)c1)N1CCN(c2cnn(C)c2)C(=O)C1. The van der Waals surface area contributed by atoms with Crippen LogP contribution in [0.3, 0.4) is 0 Å². The minimum absolute atomic E-state index is 0.0106. The van der Waals surface area contributed by atoms with Crippen LogP contribution in [0.1, 0.15) is 5.56 Å². The molecule has 1 aliphatic rings. The lowest BCUT2D eigenvalue weighted by atomic mass is 10.2. The van der Waals surface area contributed by atoms with Crippen molar-refractivity contribution in [3.8, 4) is 0 Å². The van der Waals surface area contributed by atoms with Crippen molar-refractivity contribution in [2.45, 2.75) is 6.54 Å². The molecule has 1 aliphatic heterocycles. The molecule has 1 amide bonds. The van der Waals surface area contributed by atoms with Crippen LogP contribution in [0.5, 0.6) is 0 Å². The van der Waals surface area contributed by atoms with Crippen molar-refractivity contribution in [2.24, 2.45) is 12.0 Å². The third-order valence-corrected chi connectivity index (χ3v) is 4.68. The Labute approximate surface area is 164 Å². The zero-order valence-corrected chi connectivity index (χ0v) is 16.7. The van der Waals surface area contributed by atoms with Crippen LogP contribution in [0, 0.1) is 5.82 Å². The molecule has 2 aromatic rings. The van der Waals surface area contributed by atoms with Crippen LogP contribution >= 0.6 is 0 Å². The molecule has 0 bridgehead atoms. The van der Waals surface area contributed by atoms with E-state index in [-0.39, 0.29) is 18.3 Å². The highest BCUT2D eigenvalue weighted by atomic mass is 19.1. The molecule has 1 saturated heterocycles. The average Bonchev–Trinajstić information content (AvgIpc) is 3.08. The Hall–Kier alpha value is -3.10. The third-order valence-electron chi connectivity index (χ3n) is 4.68. The van der Waals surface area contributed by atoms with Crippen LogP contribution in [0.15, 0.2) is 35.6 Å². The number of piperazine rings is 1. The molecule has 8 nitrogen and oxygen atoms in total. The summed E-state index contributed by atoms with van der Waals surface area (Å²) in [4.78, 5) is 22.2. The Balaban J connectivity index is 1.60. The van der Waals surface area contributed by atoms with E-state index in [0.717, 1.165) is 11.3 Å². The summed E-state index contributed by atoms with van der Waals surface area (Å²) in [5.41, 5.74) is 2.15. The van der Waals surface area contributed by atoms with E-state index in [0.29, 0.717) is 31.3 Å². The molecule has 150 valence electrons. The van der Waals surface area contributed by atoms with Crippen molar-refractivity contribution in [1.82, 2.24) is 20.0 Å². The van der Waals surface area contributed by atoms with Crippen molar-refractivity contribution in [2.75, 3.05) is 50.6 Å². The van der Waals surface area contributed by atoms with Crippen LogP contribution in [0.2, 0.25) is 0 Å². The molecule has 3 rings (SSSR count). The zero-order valence-electron chi connectivity index (χ0n) is 16.7. The van der Waals surface area contributed by atoms with E-state index in [1.165, 1.54) is 6.07 Å². The van der Waals surface area contributed by atoms with Gasteiger partial charge in [0.25, 0.3) is 0 Å². The molecule has 28 heavy (non-hydrogen) atoms. The largest absolute Gasteiger partial charge is 0.375 e. The minimum atomic E-state index is -0.264. The Kier molecular flexibility index (Phi) is 5.81. The normalized spacial score (nSPS) is 15.2. The standard InChI is InChI=1S/C19H26FN7O/c1-21-19(22-10-14-5-6-17(24(2)3)16(20)9-14)26-7-8-27(18(28)13-26)15-11-23-25(4)12-15/h5-6,9,11-12H,7-8,10,13H2,1-4H3,(H,21,22). The zero-order chi connectivity index (χ0) is 20.3. The van der Waals surface area contributed by atoms with E-state index in [9.17, 15) is 9.18 Å². The predicted molar refractivity (Wildman–Crippen MR) is 108 cm³/mol. The van der Waals surface area contributed by atoms with Gasteiger partial charge in [-0.25, -0.2) is 4.39 Å². The van der Waals surface area contributed by atoms with Crippen LogP contribution in [-0.2, 0) is 18.4 Å². The van der Waals surface area contributed by atoms with Gasteiger partial charge < -0.3 is 20.0 Å².